The molecule has 1 aliphatic rings. The molecule has 1 atom stereocenters. The van der Waals surface area contributed by atoms with Gasteiger partial charge in [-0.05, 0) is 32.3 Å². The van der Waals surface area contributed by atoms with Crippen LogP contribution in [0.25, 0.3) is 10.8 Å². The van der Waals surface area contributed by atoms with E-state index in [2.05, 4.69) is 12.6 Å². The summed E-state index contributed by atoms with van der Waals surface area (Å²) in [6, 6.07) is 6.03. The zero-order valence-corrected chi connectivity index (χ0v) is 14.1. The minimum atomic E-state index is -0.462. The van der Waals surface area contributed by atoms with Gasteiger partial charge in [-0.15, -0.1) is 11.6 Å². The van der Waals surface area contributed by atoms with E-state index in [-0.39, 0.29) is 5.38 Å². The van der Waals surface area contributed by atoms with Gasteiger partial charge in [-0.3, -0.25) is 0 Å². The summed E-state index contributed by atoms with van der Waals surface area (Å²) in [5, 5.41) is 1.87. The zero-order valence-electron chi connectivity index (χ0n) is 13.3. The molecular weight excluding hydrogens is 312 g/mol. The maximum Gasteiger partial charge on any atom is 0.335 e. The number of hydrogen-bond acceptors (Lipinski definition) is 3. The summed E-state index contributed by atoms with van der Waals surface area (Å²) in [7, 11) is 1.68. The van der Waals surface area contributed by atoms with Crippen LogP contribution in [0.2, 0.25) is 0 Å². The Bertz CT molecular complexity index is 795. The largest absolute Gasteiger partial charge is 0.496 e. The van der Waals surface area contributed by atoms with Gasteiger partial charge in [-0.1, -0.05) is 24.3 Å². The van der Waals surface area contributed by atoms with Crippen LogP contribution in [-0.2, 0) is 17.6 Å². The van der Waals surface area contributed by atoms with Crippen LogP contribution in [0.5, 0.6) is 11.5 Å². The molecule has 0 saturated heterocycles. The smallest absolute Gasteiger partial charge is 0.335 e. The number of carbonyl (C=O) groups excluding carboxylic acids is 1. The summed E-state index contributed by atoms with van der Waals surface area (Å²) in [6.45, 7) is 5.52. The molecule has 4 heteroatoms. The Kier molecular flexibility index (Phi) is 4.31. The van der Waals surface area contributed by atoms with Crippen molar-refractivity contribution in [1.29, 1.82) is 0 Å². The first-order valence-corrected chi connectivity index (χ1v) is 8.09. The number of benzene rings is 2. The lowest BCUT2D eigenvalue weighted by molar-refractivity contribution is -0.128. The number of alkyl halides is 1. The molecule has 120 valence electrons. The van der Waals surface area contributed by atoms with E-state index in [0.717, 1.165) is 46.1 Å². The van der Waals surface area contributed by atoms with Crippen LogP contribution in [0.1, 0.15) is 23.1 Å². The third-order valence-corrected chi connectivity index (χ3v) is 4.66. The molecule has 1 aliphatic carbocycles. The number of halogens is 1. The quantitative estimate of drug-likeness (QED) is 0.363. The third kappa shape index (κ3) is 2.81. The first kappa shape index (κ1) is 15.9. The van der Waals surface area contributed by atoms with Crippen LogP contribution in [0, 0.1) is 6.92 Å². The fourth-order valence-electron chi connectivity index (χ4n) is 3.24. The topological polar surface area (TPSA) is 35.5 Å². The fourth-order valence-corrected chi connectivity index (χ4v) is 3.50. The molecule has 0 aliphatic heterocycles. The SMILES string of the molecule is C=CC(=O)Oc1c2c(c(OC)c3cc(C)ccc13)CCC(Cl)C2. The Morgan fingerprint density at radius 3 is 2.78 bits per heavy atom. The monoisotopic (exact) mass is 330 g/mol. The van der Waals surface area contributed by atoms with Gasteiger partial charge in [-0.2, -0.15) is 0 Å². The molecular formula is C19H19ClO3. The van der Waals surface area contributed by atoms with Crippen molar-refractivity contribution < 1.29 is 14.3 Å². The van der Waals surface area contributed by atoms with Crippen molar-refractivity contribution in [1.82, 2.24) is 0 Å². The molecule has 3 nitrogen and oxygen atoms in total. The van der Waals surface area contributed by atoms with E-state index >= 15 is 0 Å². The molecule has 23 heavy (non-hydrogen) atoms. The van der Waals surface area contributed by atoms with E-state index in [1.165, 1.54) is 6.08 Å². The Balaban J connectivity index is 2.35. The highest BCUT2D eigenvalue weighted by molar-refractivity contribution is 6.21. The summed E-state index contributed by atoms with van der Waals surface area (Å²) in [5.74, 6) is 0.989. The summed E-state index contributed by atoms with van der Waals surface area (Å²) in [6.07, 6.45) is 3.54. The summed E-state index contributed by atoms with van der Waals surface area (Å²) < 4.78 is 11.3. The summed E-state index contributed by atoms with van der Waals surface area (Å²) in [5.41, 5.74) is 3.19. The molecule has 3 rings (SSSR count). The standard InChI is InChI=1S/C19H19ClO3/c1-4-17(21)23-19-14-7-5-11(2)9-15(14)18(22-3)13-8-6-12(20)10-16(13)19/h4-5,7,9,12H,1,6,8,10H2,2-3H3. The number of rotatable bonds is 3. The average molecular weight is 331 g/mol. The fraction of sp³-hybridized carbons (Fsp3) is 0.316. The van der Waals surface area contributed by atoms with Crippen LogP contribution < -0.4 is 9.47 Å². The lowest BCUT2D eigenvalue weighted by Crippen LogP contribution is -2.18. The van der Waals surface area contributed by atoms with Gasteiger partial charge in [0.1, 0.15) is 11.5 Å². The van der Waals surface area contributed by atoms with Crippen LogP contribution in [-0.4, -0.2) is 18.5 Å². The number of esters is 1. The zero-order chi connectivity index (χ0) is 16.6. The second kappa shape index (κ2) is 6.25. The predicted octanol–water partition coefficient (Wildman–Crippen LogP) is 4.34. The van der Waals surface area contributed by atoms with Crippen LogP contribution in [0.3, 0.4) is 0 Å². The van der Waals surface area contributed by atoms with E-state index in [0.29, 0.717) is 12.2 Å². The average Bonchev–Trinajstić information content (AvgIpc) is 2.54. The van der Waals surface area contributed by atoms with E-state index in [9.17, 15) is 4.79 Å². The van der Waals surface area contributed by atoms with E-state index in [1.807, 2.05) is 19.1 Å². The second-order valence-electron chi connectivity index (χ2n) is 5.83. The lowest BCUT2D eigenvalue weighted by Gasteiger charge is -2.26. The van der Waals surface area contributed by atoms with Gasteiger partial charge in [0.2, 0.25) is 0 Å². The van der Waals surface area contributed by atoms with Crippen molar-refractivity contribution >= 4 is 28.3 Å². The van der Waals surface area contributed by atoms with Gasteiger partial charge in [0.15, 0.2) is 0 Å². The van der Waals surface area contributed by atoms with Crippen LogP contribution in [0.15, 0.2) is 30.9 Å². The normalized spacial score (nSPS) is 16.7. The van der Waals surface area contributed by atoms with Crippen molar-refractivity contribution in [2.75, 3.05) is 7.11 Å². The first-order chi connectivity index (χ1) is 11.0. The molecule has 0 amide bonds. The van der Waals surface area contributed by atoms with E-state index in [1.54, 1.807) is 7.11 Å². The van der Waals surface area contributed by atoms with Gasteiger partial charge < -0.3 is 9.47 Å². The molecule has 0 heterocycles. The number of aryl methyl sites for hydroxylation is 1. The van der Waals surface area contributed by atoms with Crippen molar-refractivity contribution in [2.45, 2.75) is 31.6 Å². The van der Waals surface area contributed by atoms with Crippen molar-refractivity contribution in [3.63, 3.8) is 0 Å². The maximum atomic E-state index is 11.8. The number of carbonyl (C=O) groups is 1. The number of hydrogen-bond donors (Lipinski definition) is 0. The highest BCUT2D eigenvalue weighted by Crippen LogP contribution is 2.45. The van der Waals surface area contributed by atoms with Gasteiger partial charge in [-0.25, -0.2) is 4.79 Å². The number of ether oxygens (including phenoxy) is 2. The molecule has 0 fully saturated rings. The van der Waals surface area contributed by atoms with Gasteiger partial charge >= 0.3 is 5.97 Å². The molecule has 2 aromatic carbocycles. The molecule has 0 N–H and O–H groups in total. The molecule has 1 unspecified atom stereocenters. The van der Waals surface area contributed by atoms with E-state index in [4.69, 9.17) is 21.1 Å². The summed E-state index contributed by atoms with van der Waals surface area (Å²) in [4.78, 5) is 11.8. The molecule has 0 aromatic heterocycles. The summed E-state index contributed by atoms with van der Waals surface area (Å²) >= 11 is 6.36. The van der Waals surface area contributed by atoms with Gasteiger partial charge in [0.05, 0.1) is 7.11 Å². The molecule has 0 saturated carbocycles. The number of methoxy groups -OCH3 is 1. The van der Waals surface area contributed by atoms with Gasteiger partial charge in [0, 0.05) is 33.4 Å². The first-order valence-electron chi connectivity index (χ1n) is 7.65. The Morgan fingerprint density at radius 2 is 2.09 bits per heavy atom. The van der Waals surface area contributed by atoms with E-state index < -0.39 is 5.97 Å². The maximum absolute atomic E-state index is 11.8. The second-order valence-corrected chi connectivity index (χ2v) is 6.45. The minimum absolute atomic E-state index is 0.0382. The van der Waals surface area contributed by atoms with Crippen molar-refractivity contribution in [2.24, 2.45) is 0 Å². The predicted molar refractivity (Wildman–Crippen MR) is 92.7 cm³/mol. The molecule has 0 radical (unpaired) electrons. The minimum Gasteiger partial charge on any atom is -0.496 e. The Morgan fingerprint density at radius 1 is 1.30 bits per heavy atom. The number of fused-ring (bicyclic) bond motifs is 2. The van der Waals surface area contributed by atoms with Gasteiger partial charge in [0.25, 0.3) is 0 Å². The lowest BCUT2D eigenvalue weighted by atomic mass is 9.86. The molecule has 0 spiro atoms. The van der Waals surface area contributed by atoms with Crippen LogP contribution in [0.4, 0.5) is 0 Å². The van der Waals surface area contributed by atoms with Crippen molar-refractivity contribution in [3.8, 4) is 11.5 Å². The van der Waals surface area contributed by atoms with Crippen molar-refractivity contribution in [3.05, 3.63) is 47.5 Å². The molecule has 2 aromatic rings. The Hall–Kier alpha value is -2.00. The van der Waals surface area contributed by atoms with Crippen LogP contribution >= 0.6 is 11.6 Å². The highest BCUT2D eigenvalue weighted by Gasteiger charge is 2.27. The third-order valence-electron chi connectivity index (χ3n) is 4.28. The highest BCUT2D eigenvalue weighted by atomic mass is 35.5. The molecule has 0 bridgehead atoms. The Labute approximate surface area is 140 Å².